The number of ether oxygens (including phenoxy) is 2. The molecule has 0 radical (unpaired) electrons. The molecule has 0 saturated heterocycles. The van der Waals surface area contributed by atoms with Gasteiger partial charge in [0.1, 0.15) is 11.6 Å². The van der Waals surface area contributed by atoms with Crippen molar-refractivity contribution in [2.45, 2.75) is 6.04 Å². The van der Waals surface area contributed by atoms with Gasteiger partial charge in [-0.1, -0.05) is 6.07 Å². The van der Waals surface area contributed by atoms with Crippen molar-refractivity contribution in [3.63, 3.8) is 0 Å². The van der Waals surface area contributed by atoms with Gasteiger partial charge in [-0.15, -0.1) is 0 Å². The molecule has 0 amide bonds. The number of halogens is 3. The SMILES string of the molecule is COc1ccc(C(N)c2cc(Br)c(F)cc2OC)cc1F. The Balaban J connectivity index is 2.46. The number of benzene rings is 2. The Hall–Kier alpha value is -1.66. The second-order valence-corrected chi connectivity index (χ2v) is 5.23. The molecule has 1 atom stereocenters. The molecule has 0 aromatic heterocycles. The molecule has 2 aromatic rings. The highest BCUT2D eigenvalue weighted by Crippen LogP contribution is 2.33. The first-order valence-corrected chi connectivity index (χ1v) is 6.89. The molecule has 6 heteroatoms. The summed E-state index contributed by atoms with van der Waals surface area (Å²) < 4.78 is 37.6. The van der Waals surface area contributed by atoms with Crippen LogP contribution in [0.15, 0.2) is 34.8 Å². The quantitative estimate of drug-likeness (QED) is 0.905. The normalized spacial score (nSPS) is 12.1. The molecule has 0 aliphatic rings. The Bertz CT molecular complexity index is 664. The van der Waals surface area contributed by atoms with Crippen LogP contribution in [-0.4, -0.2) is 14.2 Å². The van der Waals surface area contributed by atoms with Crippen molar-refractivity contribution in [3.05, 3.63) is 57.6 Å². The van der Waals surface area contributed by atoms with E-state index in [1.807, 2.05) is 0 Å². The van der Waals surface area contributed by atoms with Crippen LogP contribution < -0.4 is 15.2 Å². The van der Waals surface area contributed by atoms with Crippen molar-refractivity contribution in [2.75, 3.05) is 14.2 Å². The van der Waals surface area contributed by atoms with Crippen molar-refractivity contribution in [2.24, 2.45) is 5.73 Å². The molecular weight excluding hydrogens is 344 g/mol. The van der Waals surface area contributed by atoms with Gasteiger partial charge in [0, 0.05) is 11.6 Å². The van der Waals surface area contributed by atoms with Gasteiger partial charge < -0.3 is 15.2 Å². The van der Waals surface area contributed by atoms with Crippen LogP contribution in [0.3, 0.4) is 0 Å². The summed E-state index contributed by atoms with van der Waals surface area (Å²) in [5.74, 6) is -0.521. The highest BCUT2D eigenvalue weighted by atomic mass is 79.9. The summed E-state index contributed by atoms with van der Waals surface area (Å²) in [6.07, 6.45) is 0. The van der Waals surface area contributed by atoms with E-state index in [0.717, 1.165) is 0 Å². The predicted octanol–water partition coefficient (Wildman–Crippen LogP) is 3.79. The Labute approximate surface area is 129 Å². The number of hydrogen-bond donors (Lipinski definition) is 1. The van der Waals surface area contributed by atoms with Crippen LogP contribution >= 0.6 is 15.9 Å². The van der Waals surface area contributed by atoms with E-state index < -0.39 is 17.7 Å². The molecule has 0 bridgehead atoms. The van der Waals surface area contributed by atoms with E-state index in [4.69, 9.17) is 15.2 Å². The highest BCUT2D eigenvalue weighted by Gasteiger charge is 2.18. The lowest BCUT2D eigenvalue weighted by molar-refractivity contribution is 0.385. The first-order valence-electron chi connectivity index (χ1n) is 6.10. The van der Waals surface area contributed by atoms with E-state index >= 15 is 0 Å². The molecule has 0 fully saturated rings. The smallest absolute Gasteiger partial charge is 0.165 e. The van der Waals surface area contributed by atoms with Gasteiger partial charge in [0.2, 0.25) is 0 Å². The van der Waals surface area contributed by atoms with Gasteiger partial charge in [-0.05, 0) is 39.7 Å². The molecule has 112 valence electrons. The van der Waals surface area contributed by atoms with Gasteiger partial charge in [-0.2, -0.15) is 0 Å². The molecule has 0 heterocycles. The third-order valence-electron chi connectivity index (χ3n) is 3.14. The van der Waals surface area contributed by atoms with E-state index in [1.165, 1.54) is 38.5 Å². The molecular formula is C15H14BrF2NO2. The number of methoxy groups -OCH3 is 2. The van der Waals surface area contributed by atoms with Crippen LogP contribution in [0.1, 0.15) is 17.2 Å². The first kappa shape index (κ1) is 15.7. The lowest BCUT2D eigenvalue weighted by Crippen LogP contribution is -2.14. The molecule has 0 saturated carbocycles. The summed E-state index contributed by atoms with van der Waals surface area (Å²) in [4.78, 5) is 0. The molecule has 0 spiro atoms. The van der Waals surface area contributed by atoms with E-state index in [0.29, 0.717) is 16.9 Å². The van der Waals surface area contributed by atoms with E-state index in [9.17, 15) is 8.78 Å². The molecule has 2 N–H and O–H groups in total. The van der Waals surface area contributed by atoms with Gasteiger partial charge in [0.05, 0.1) is 24.7 Å². The molecule has 2 rings (SSSR count). The summed E-state index contributed by atoms with van der Waals surface area (Å²) in [6.45, 7) is 0. The van der Waals surface area contributed by atoms with E-state index in [-0.39, 0.29) is 10.2 Å². The van der Waals surface area contributed by atoms with E-state index in [2.05, 4.69) is 15.9 Å². The average Bonchev–Trinajstić information content (AvgIpc) is 2.48. The predicted molar refractivity (Wildman–Crippen MR) is 79.6 cm³/mol. The lowest BCUT2D eigenvalue weighted by Gasteiger charge is -2.17. The van der Waals surface area contributed by atoms with Gasteiger partial charge in [-0.3, -0.25) is 0 Å². The molecule has 0 aliphatic heterocycles. The minimum Gasteiger partial charge on any atom is -0.496 e. The van der Waals surface area contributed by atoms with Crippen LogP contribution in [0.4, 0.5) is 8.78 Å². The van der Waals surface area contributed by atoms with Crippen molar-refractivity contribution in [3.8, 4) is 11.5 Å². The maximum atomic E-state index is 13.8. The van der Waals surface area contributed by atoms with Gasteiger partial charge >= 0.3 is 0 Å². The van der Waals surface area contributed by atoms with Crippen LogP contribution in [0.25, 0.3) is 0 Å². The number of nitrogens with two attached hydrogens (primary N) is 1. The Kier molecular flexibility index (Phi) is 4.80. The first-order chi connectivity index (χ1) is 9.97. The third-order valence-corrected chi connectivity index (χ3v) is 3.75. The maximum absolute atomic E-state index is 13.8. The van der Waals surface area contributed by atoms with Gasteiger partial charge in [-0.25, -0.2) is 8.78 Å². The Morgan fingerprint density at radius 3 is 2.24 bits per heavy atom. The van der Waals surface area contributed by atoms with Gasteiger partial charge in [0.15, 0.2) is 11.6 Å². The molecule has 0 aliphatic carbocycles. The zero-order valence-electron chi connectivity index (χ0n) is 11.5. The molecule has 21 heavy (non-hydrogen) atoms. The maximum Gasteiger partial charge on any atom is 0.165 e. The molecule has 2 aromatic carbocycles. The van der Waals surface area contributed by atoms with E-state index in [1.54, 1.807) is 6.07 Å². The fraction of sp³-hybridized carbons (Fsp3) is 0.200. The summed E-state index contributed by atoms with van der Waals surface area (Å²) in [5, 5.41) is 0. The number of rotatable bonds is 4. The topological polar surface area (TPSA) is 44.5 Å². The van der Waals surface area contributed by atoms with Crippen molar-refractivity contribution in [1.29, 1.82) is 0 Å². The van der Waals surface area contributed by atoms with Crippen molar-refractivity contribution < 1.29 is 18.3 Å². The van der Waals surface area contributed by atoms with Crippen LogP contribution in [0.2, 0.25) is 0 Å². The standard InChI is InChI=1S/C15H14BrF2NO2/c1-20-13-4-3-8(5-12(13)18)15(19)9-6-10(16)11(17)7-14(9)21-2/h3-7,15H,19H2,1-2H3. The summed E-state index contributed by atoms with van der Waals surface area (Å²) in [7, 11) is 2.81. The highest BCUT2D eigenvalue weighted by molar-refractivity contribution is 9.10. The fourth-order valence-electron chi connectivity index (χ4n) is 2.02. The van der Waals surface area contributed by atoms with Gasteiger partial charge in [0.25, 0.3) is 0 Å². The molecule has 1 unspecified atom stereocenters. The zero-order chi connectivity index (χ0) is 15.6. The van der Waals surface area contributed by atoms with Crippen molar-refractivity contribution >= 4 is 15.9 Å². The Morgan fingerprint density at radius 2 is 1.67 bits per heavy atom. The number of hydrogen-bond acceptors (Lipinski definition) is 3. The second kappa shape index (κ2) is 6.41. The summed E-state index contributed by atoms with van der Waals surface area (Å²) >= 11 is 3.11. The second-order valence-electron chi connectivity index (χ2n) is 4.38. The Morgan fingerprint density at radius 1 is 1.00 bits per heavy atom. The van der Waals surface area contributed by atoms with Crippen LogP contribution in [-0.2, 0) is 0 Å². The van der Waals surface area contributed by atoms with Crippen LogP contribution in [0.5, 0.6) is 11.5 Å². The fourth-order valence-corrected chi connectivity index (χ4v) is 2.38. The largest absolute Gasteiger partial charge is 0.496 e. The minimum absolute atomic E-state index is 0.137. The average molecular weight is 358 g/mol. The monoisotopic (exact) mass is 357 g/mol. The summed E-state index contributed by atoms with van der Waals surface area (Å²) in [6, 6.07) is 6.55. The van der Waals surface area contributed by atoms with Crippen LogP contribution in [0, 0.1) is 11.6 Å². The zero-order valence-corrected chi connectivity index (χ0v) is 13.1. The lowest BCUT2D eigenvalue weighted by atomic mass is 9.98. The minimum atomic E-state index is -0.655. The summed E-state index contributed by atoms with van der Waals surface area (Å²) in [5.41, 5.74) is 7.23. The van der Waals surface area contributed by atoms with Crippen molar-refractivity contribution in [1.82, 2.24) is 0 Å². The third kappa shape index (κ3) is 3.16. The molecule has 3 nitrogen and oxygen atoms in total.